The highest BCUT2D eigenvalue weighted by atomic mass is 15.3. The van der Waals surface area contributed by atoms with Crippen LogP contribution in [0.1, 0.15) is 31.7 Å². The Bertz CT molecular complexity index is 526. The van der Waals surface area contributed by atoms with Gasteiger partial charge in [0, 0.05) is 24.3 Å². The fourth-order valence-electron chi connectivity index (χ4n) is 2.78. The summed E-state index contributed by atoms with van der Waals surface area (Å²) < 4.78 is 2.24. The SMILES string of the molecule is CNc1ccccc1-c1nncn1C1CCCC1. The Kier molecular flexibility index (Phi) is 3.00. The van der Waals surface area contributed by atoms with Gasteiger partial charge in [-0.2, -0.15) is 0 Å². The van der Waals surface area contributed by atoms with Crippen molar-refractivity contribution in [2.75, 3.05) is 12.4 Å². The van der Waals surface area contributed by atoms with E-state index >= 15 is 0 Å². The molecular formula is C14H18N4. The zero-order valence-electron chi connectivity index (χ0n) is 10.6. The molecule has 3 rings (SSSR count). The molecule has 0 bridgehead atoms. The second kappa shape index (κ2) is 4.80. The Labute approximate surface area is 107 Å². The number of hydrogen-bond acceptors (Lipinski definition) is 3. The average Bonchev–Trinajstić information content (AvgIpc) is 3.09. The number of para-hydroxylation sites is 1. The van der Waals surface area contributed by atoms with Crippen molar-refractivity contribution in [1.82, 2.24) is 14.8 Å². The standard InChI is InChI=1S/C14H18N4/c1-15-13-9-5-4-8-12(13)14-17-16-10-18(14)11-6-2-3-7-11/h4-5,8-11,15H,2-3,6-7H2,1H3. The highest BCUT2D eigenvalue weighted by molar-refractivity contribution is 5.73. The van der Waals surface area contributed by atoms with E-state index in [1.807, 2.05) is 25.5 Å². The van der Waals surface area contributed by atoms with Crippen LogP contribution >= 0.6 is 0 Å². The highest BCUT2D eigenvalue weighted by Crippen LogP contribution is 2.34. The second-order valence-corrected chi connectivity index (χ2v) is 4.80. The summed E-state index contributed by atoms with van der Waals surface area (Å²) >= 11 is 0. The van der Waals surface area contributed by atoms with Crippen LogP contribution in [0.25, 0.3) is 11.4 Å². The van der Waals surface area contributed by atoms with Crippen molar-refractivity contribution in [3.8, 4) is 11.4 Å². The van der Waals surface area contributed by atoms with Crippen LogP contribution in [0.15, 0.2) is 30.6 Å². The van der Waals surface area contributed by atoms with Gasteiger partial charge < -0.3 is 9.88 Å². The number of nitrogens with one attached hydrogen (secondary N) is 1. The zero-order valence-corrected chi connectivity index (χ0v) is 10.6. The molecule has 18 heavy (non-hydrogen) atoms. The topological polar surface area (TPSA) is 42.7 Å². The molecule has 1 aromatic carbocycles. The third-order valence-electron chi connectivity index (χ3n) is 3.73. The summed E-state index contributed by atoms with van der Waals surface area (Å²) in [5.41, 5.74) is 2.23. The molecule has 4 heteroatoms. The average molecular weight is 242 g/mol. The summed E-state index contributed by atoms with van der Waals surface area (Å²) in [6.45, 7) is 0. The Morgan fingerprint density at radius 3 is 2.78 bits per heavy atom. The molecule has 0 unspecified atom stereocenters. The summed E-state index contributed by atoms with van der Waals surface area (Å²) in [5.74, 6) is 0.979. The van der Waals surface area contributed by atoms with Gasteiger partial charge in [0.15, 0.2) is 5.82 Å². The van der Waals surface area contributed by atoms with E-state index in [1.54, 1.807) is 0 Å². The van der Waals surface area contributed by atoms with Crippen molar-refractivity contribution in [3.63, 3.8) is 0 Å². The van der Waals surface area contributed by atoms with Crippen LogP contribution < -0.4 is 5.32 Å². The molecule has 1 saturated carbocycles. The lowest BCUT2D eigenvalue weighted by Gasteiger charge is -2.15. The summed E-state index contributed by atoms with van der Waals surface area (Å²) in [6.07, 6.45) is 6.99. The fraction of sp³-hybridized carbons (Fsp3) is 0.429. The molecule has 1 heterocycles. The molecule has 1 fully saturated rings. The van der Waals surface area contributed by atoms with E-state index in [1.165, 1.54) is 25.7 Å². The normalized spacial score (nSPS) is 16.1. The van der Waals surface area contributed by atoms with Crippen molar-refractivity contribution in [2.24, 2.45) is 0 Å². The van der Waals surface area contributed by atoms with Crippen LogP contribution in [-0.4, -0.2) is 21.8 Å². The minimum Gasteiger partial charge on any atom is -0.388 e. The van der Waals surface area contributed by atoms with Crippen LogP contribution in [0.2, 0.25) is 0 Å². The lowest BCUT2D eigenvalue weighted by molar-refractivity contribution is 0.522. The summed E-state index contributed by atoms with van der Waals surface area (Å²) in [5, 5.41) is 11.6. The zero-order chi connectivity index (χ0) is 12.4. The number of nitrogens with zero attached hydrogens (tertiary/aromatic N) is 3. The number of benzene rings is 1. The Hall–Kier alpha value is -1.84. The van der Waals surface area contributed by atoms with Crippen LogP contribution in [0, 0.1) is 0 Å². The molecule has 1 aromatic heterocycles. The predicted octanol–water partition coefficient (Wildman–Crippen LogP) is 3.10. The van der Waals surface area contributed by atoms with Gasteiger partial charge in [0.1, 0.15) is 6.33 Å². The number of rotatable bonds is 3. The molecule has 1 N–H and O–H groups in total. The smallest absolute Gasteiger partial charge is 0.166 e. The van der Waals surface area contributed by atoms with Crippen molar-refractivity contribution in [3.05, 3.63) is 30.6 Å². The van der Waals surface area contributed by atoms with Crippen LogP contribution in [-0.2, 0) is 0 Å². The molecular weight excluding hydrogens is 224 g/mol. The Morgan fingerprint density at radius 1 is 1.22 bits per heavy atom. The summed E-state index contributed by atoms with van der Waals surface area (Å²) in [6, 6.07) is 8.82. The lowest BCUT2D eigenvalue weighted by atomic mass is 10.1. The predicted molar refractivity (Wildman–Crippen MR) is 72.5 cm³/mol. The molecule has 94 valence electrons. The van der Waals surface area contributed by atoms with E-state index in [2.05, 4.69) is 32.2 Å². The Balaban J connectivity index is 2.03. The maximum absolute atomic E-state index is 4.31. The van der Waals surface area contributed by atoms with Crippen LogP contribution in [0.4, 0.5) is 5.69 Å². The van der Waals surface area contributed by atoms with E-state index < -0.39 is 0 Å². The van der Waals surface area contributed by atoms with Gasteiger partial charge in [-0.3, -0.25) is 0 Å². The molecule has 0 spiro atoms. The van der Waals surface area contributed by atoms with E-state index in [-0.39, 0.29) is 0 Å². The fourth-order valence-corrected chi connectivity index (χ4v) is 2.78. The van der Waals surface area contributed by atoms with Crippen molar-refractivity contribution >= 4 is 5.69 Å². The van der Waals surface area contributed by atoms with Crippen molar-refractivity contribution in [1.29, 1.82) is 0 Å². The minimum atomic E-state index is 0.569. The van der Waals surface area contributed by atoms with Gasteiger partial charge in [-0.25, -0.2) is 0 Å². The van der Waals surface area contributed by atoms with Crippen molar-refractivity contribution in [2.45, 2.75) is 31.7 Å². The summed E-state index contributed by atoms with van der Waals surface area (Å²) in [7, 11) is 1.94. The second-order valence-electron chi connectivity index (χ2n) is 4.80. The quantitative estimate of drug-likeness (QED) is 0.899. The van der Waals surface area contributed by atoms with Crippen LogP contribution in [0.5, 0.6) is 0 Å². The van der Waals surface area contributed by atoms with E-state index in [4.69, 9.17) is 0 Å². The molecule has 0 amide bonds. The molecule has 0 atom stereocenters. The monoisotopic (exact) mass is 242 g/mol. The van der Waals surface area contributed by atoms with Gasteiger partial charge in [-0.1, -0.05) is 25.0 Å². The molecule has 0 aliphatic heterocycles. The highest BCUT2D eigenvalue weighted by Gasteiger charge is 2.21. The van der Waals surface area contributed by atoms with E-state index in [0.29, 0.717) is 6.04 Å². The summed E-state index contributed by atoms with van der Waals surface area (Å²) in [4.78, 5) is 0. The Morgan fingerprint density at radius 2 is 2.00 bits per heavy atom. The maximum atomic E-state index is 4.31. The van der Waals surface area contributed by atoms with Gasteiger partial charge in [-0.05, 0) is 25.0 Å². The third-order valence-corrected chi connectivity index (χ3v) is 3.73. The first-order chi connectivity index (χ1) is 8.90. The maximum Gasteiger partial charge on any atom is 0.166 e. The molecule has 4 nitrogen and oxygen atoms in total. The number of anilines is 1. The molecule has 0 saturated heterocycles. The van der Waals surface area contributed by atoms with E-state index in [0.717, 1.165) is 17.1 Å². The first kappa shape index (κ1) is 11.3. The largest absolute Gasteiger partial charge is 0.388 e. The molecule has 1 aliphatic carbocycles. The molecule has 2 aromatic rings. The van der Waals surface area contributed by atoms with Gasteiger partial charge >= 0.3 is 0 Å². The van der Waals surface area contributed by atoms with Gasteiger partial charge in [-0.15, -0.1) is 10.2 Å². The number of hydrogen-bond donors (Lipinski definition) is 1. The lowest BCUT2D eigenvalue weighted by Crippen LogP contribution is -2.06. The van der Waals surface area contributed by atoms with Crippen molar-refractivity contribution < 1.29 is 0 Å². The number of aromatic nitrogens is 3. The molecule has 1 aliphatic rings. The minimum absolute atomic E-state index is 0.569. The van der Waals surface area contributed by atoms with Gasteiger partial charge in [0.05, 0.1) is 0 Å². The molecule has 0 radical (unpaired) electrons. The van der Waals surface area contributed by atoms with Gasteiger partial charge in [0.2, 0.25) is 0 Å². The third kappa shape index (κ3) is 1.88. The van der Waals surface area contributed by atoms with Gasteiger partial charge in [0.25, 0.3) is 0 Å². The van der Waals surface area contributed by atoms with E-state index in [9.17, 15) is 0 Å². The first-order valence-electron chi connectivity index (χ1n) is 6.57. The van der Waals surface area contributed by atoms with Crippen LogP contribution in [0.3, 0.4) is 0 Å². The first-order valence-corrected chi connectivity index (χ1v) is 6.57.